The van der Waals surface area contributed by atoms with Gasteiger partial charge in [-0.15, -0.1) is 0 Å². The van der Waals surface area contributed by atoms with Crippen LogP contribution in [0.3, 0.4) is 0 Å². The van der Waals surface area contributed by atoms with Crippen LogP contribution in [-0.4, -0.2) is 40.8 Å². The zero-order valence-electron chi connectivity index (χ0n) is 14.3. The Hall–Kier alpha value is -2.96. The Bertz CT molecular complexity index is 1200. The predicted molar refractivity (Wildman–Crippen MR) is 98.6 cm³/mol. The van der Waals surface area contributed by atoms with Crippen LogP contribution in [-0.2, 0) is 10.0 Å². The molecule has 0 bridgehead atoms. The molecule has 2 aromatic heterocycles. The highest BCUT2D eigenvalue weighted by Gasteiger charge is 2.32. The highest BCUT2D eigenvalue weighted by molar-refractivity contribution is 7.89. The van der Waals surface area contributed by atoms with Crippen molar-refractivity contribution in [3.8, 4) is 6.07 Å². The van der Waals surface area contributed by atoms with E-state index in [9.17, 15) is 18.5 Å². The lowest BCUT2D eigenvalue weighted by Gasteiger charge is -2.31. The molecule has 1 fully saturated rings. The first-order valence-corrected chi connectivity index (χ1v) is 10.0. The van der Waals surface area contributed by atoms with Crippen molar-refractivity contribution in [1.29, 1.82) is 5.26 Å². The first-order valence-electron chi connectivity index (χ1n) is 8.57. The number of H-pyrrole nitrogens is 2. The van der Waals surface area contributed by atoms with Gasteiger partial charge in [0.1, 0.15) is 6.07 Å². The van der Waals surface area contributed by atoms with Gasteiger partial charge < -0.3 is 4.98 Å². The van der Waals surface area contributed by atoms with Crippen molar-refractivity contribution in [2.24, 2.45) is 0 Å². The number of hydrogen-bond acceptors (Lipinski definition) is 5. The molecule has 1 aromatic carbocycles. The molecule has 0 spiro atoms. The van der Waals surface area contributed by atoms with Crippen LogP contribution >= 0.6 is 0 Å². The lowest BCUT2D eigenvalue weighted by molar-refractivity contribution is 0.320. The summed E-state index contributed by atoms with van der Waals surface area (Å²) >= 11 is 0. The summed E-state index contributed by atoms with van der Waals surface area (Å²) in [7, 11) is -3.71. The molecule has 2 N–H and O–H groups in total. The number of fused-ring (bicyclic) bond motifs is 1. The summed E-state index contributed by atoms with van der Waals surface area (Å²) in [6.07, 6.45) is 2.90. The number of aromatic amines is 2. The molecule has 0 radical (unpaired) electrons. The number of hydrogen-bond donors (Lipinski definition) is 2. The van der Waals surface area contributed by atoms with Gasteiger partial charge in [0.2, 0.25) is 10.0 Å². The Balaban J connectivity index is 1.58. The fourth-order valence-corrected chi connectivity index (χ4v) is 5.24. The Kier molecular flexibility index (Phi) is 4.30. The Morgan fingerprint density at radius 2 is 1.89 bits per heavy atom. The van der Waals surface area contributed by atoms with E-state index >= 15 is 0 Å². The van der Waals surface area contributed by atoms with E-state index in [2.05, 4.69) is 15.0 Å². The molecule has 3 heterocycles. The molecule has 0 atom stereocenters. The maximum Gasteiger partial charge on any atom is 0.325 e. The van der Waals surface area contributed by atoms with Crippen molar-refractivity contribution in [3.63, 3.8) is 0 Å². The van der Waals surface area contributed by atoms with Gasteiger partial charge in [-0.2, -0.15) is 9.57 Å². The van der Waals surface area contributed by atoms with Crippen molar-refractivity contribution in [1.82, 2.24) is 19.3 Å². The van der Waals surface area contributed by atoms with E-state index in [4.69, 9.17) is 0 Å². The number of sulfonamides is 1. The molecule has 1 aliphatic rings. The van der Waals surface area contributed by atoms with Crippen LogP contribution in [0.2, 0.25) is 0 Å². The SMILES string of the molecule is N#Cc1ccccc1S(=O)(=O)N1CCC(c2ccnc3[nH]c(=O)[nH]c23)CC1. The molecule has 4 rings (SSSR count). The van der Waals surface area contributed by atoms with Gasteiger partial charge >= 0.3 is 5.69 Å². The van der Waals surface area contributed by atoms with Crippen LogP contribution in [0.5, 0.6) is 0 Å². The number of nitriles is 1. The van der Waals surface area contributed by atoms with Crippen molar-refractivity contribution >= 4 is 21.2 Å². The minimum Gasteiger partial charge on any atom is -0.304 e. The molecule has 1 saturated heterocycles. The number of imidazole rings is 1. The van der Waals surface area contributed by atoms with Crippen molar-refractivity contribution in [2.75, 3.05) is 13.1 Å². The number of benzene rings is 1. The van der Waals surface area contributed by atoms with Crippen LogP contribution < -0.4 is 5.69 Å². The van der Waals surface area contributed by atoms with E-state index in [0.29, 0.717) is 37.1 Å². The monoisotopic (exact) mass is 383 g/mol. The summed E-state index contributed by atoms with van der Waals surface area (Å²) in [5, 5.41) is 9.20. The standard InChI is InChI=1S/C18H17N5O3S/c19-11-13-3-1-2-4-15(13)27(25,26)23-9-6-12(7-10-23)14-5-8-20-17-16(14)21-18(24)22-17/h1-5,8,12H,6-7,9-10H2,(H2,20,21,22,24). The first kappa shape index (κ1) is 17.5. The highest BCUT2D eigenvalue weighted by Crippen LogP contribution is 2.33. The van der Waals surface area contributed by atoms with Gasteiger partial charge in [-0.25, -0.2) is 18.2 Å². The van der Waals surface area contributed by atoms with E-state index in [1.54, 1.807) is 18.3 Å². The fourth-order valence-electron chi connectivity index (χ4n) is 3.63. The summed E-state index contributed by atoms with van der Waals surface area (Å²) in [5.74, 6) is 0.125. The van der Waals surface area contributed by atoms with Gasteiger partial charge in [0.25, 0.3) is 0 Å². The van der Waals surface area contributed by atoms with Crippen LogP contribution in [0.25, 0.3) is 11.2 Å². The Morgan fingerprint density at radius 3 is 2.63 bits per heavy atom. The molecule has 138 valence electrons. The van der Waals surface area contributed by atoms with Crippen molar-refractivity contribution in [3.05, 3.63) is 58.1 Å². The normalized spacial score (nSPS) is 16.4. The number of pyridine rings is 1. The number of rotatable bonds is 3. The lowest BCUT2D eigenvalue weighted by atomic mass is 9.90. The van der Waals surface area contributed by atoms with Gasteiger partial charge in [0.05, 0.1) is 16.0 Å². The quantitative estimate of drug-likeness (QED) is 0.712. The fraction of sp³-hybridized carbons (Fsp3) is 0.278. The largest absolute Gasteiger partial charge is 0.325 e. The third kappa shape index (κ3) is 3.03. The Morgan fingerprint density at radius 1 is 1.15 bits per heavy atom. The zero-order chi connectivity index (χ0) is 19.0. The number of nitrogens with zero attached hydrogens (tertiary/aromatic N) is 3. The minimum absolute atomic E-state index is 0.0483. The smallest absolute Gasteiger partial charge is 0.304 e. The Labute approximate surface area is 155 Å². The predicted octanol–water partition coefficient (Wildman–Crippen LogP) is 1.69. The number of nitrogens with one attached hydrogen (secondary N) is 2. The summed E-state index contributed by atoms with van der Waals surface area (Å²) in [6.45, 7) is 0.705. The minimum atomic E-state index is -3.71. The third-order valence-electron chi connectivity index (χ3n) is 4.97. The molecule has 0 unspecified atom stereocenters. The molecule has 0 saturated carbocycles. The zero-order valence-corrected chi connectivity index (χ0v) is 15.2. The summed E-state index contributed by atoms with van der Waals surface area (Å²) in [5.41, 5.74) is 2.00. The van der Waals surface area contributed by atoms with Gasteiger partial charge in [-0.1, -0.05) is 12.1 Å². The average molecular weight is 383 g/mol. The van der Waals surface area contributed by atoms with E-state index in [0.717, 1.165) is 5.56 Å². The molecule has 8 nitrogen and oxygen atoms in total. The second-order valence-electron chi connectivity index (χ2n) is 6.49. The highest BCUT2D eigenvalue weighted by atomic mass is 32.2. The summed E-state index contributed by atoms with van der Waals surface area (Å²) in [4.78, 5) is 21.2. The molecule has 0 aliphatic carbocycles. The third-order valence-corrected chi connectivity index (χ3v) is 6.93. The van der Waals surface area contributed by atoms with Crippen LogP contribution in [0.4, 0.5) is 0 Å². The number of aromatic nitrogens is 3. The lowest BCUT2D eigenvalue weighted by Crippen LogP contribution is -2.38. The molecule has 27 heavy (non-hydrogen) atoms. The summed E-state index contributed by atoms with van der Waals surface area (Å²) < 4.78 is 27.3. The molecule has 1 aliphatic heterocycles. The molecule has 0 amide bonds. The second kappa shape index (κ2) is 6.64. The van der Waals surface area contributed by atoms with Gasteiger partial charge in [0.15, 0.2) is 5.65 Å². The van der Waals surface area contributed by atoms with Crippen LogP contribution in [0, 0.1) is 11.3 Å². The molecule has 9 heteroatoms. The topological polar surface area (TPSA) is 123 Å². The van der Waals surface area contributed by atoms with Gasteiger partial charge in [-0.05, 0) is 42.5 Å². The average Bonchev–Trinajstić information content (AvgIpc) is 3.08. The maximum absolute atomic E-state index is 12.9. The van der Waals surface area contributed by atoms with Crippen molar-refractivity contribution < 1.29 is 8.42 Å². The van der Waals surface area contributed by atoms with E-state index in [1.807, 2.05) is 12.1 Å². The first-order chi connectivity index (χ1) is 13.0. The molecular weight excluding hydrogens is 366 g/mol. The van der Waals surface area contributed by atoms with Gasteiger partial charge in [0, 0.05) is 19.3 Å². The van der Waals surface area contributed by atoms with E-state index in [1.165, 1.54) is 16.4 Å². The summed E-state index contributed by atoms with van der Waals surface area (Å²) in [6, 6.07) is 10.1. The number of piperidine rings is 1. The van der Waals surface area contributed by atoms with Crippen LogP contribution in [0.15, 0.2) is 46.2 Å². The van der Waals surface area contributed by atoms with E-state index < -0.39 is 10.0 Å². The molecule has 3 aromatic rings. The van der Waals surface area contributed by atoms with Crippen molar-refractivity contribution in [2.45, 2.75) is 23.7 Å². The van der Waals surface area contributed by atoms with Crippen LogP contribution in [0.1, 0.15) is 29.9 Å². The van der Waals surface area contributed by atoms with E-state index in [-0.39, 0.29) is 22.1 Å². The molecular formula is C18H17N5O3S. The maximum atomic E-state index is 12.9. The van der Waals surface area contributed by atoms with Gasteiger partial charge in [-0.3, -0.25) is 4.98 Å². The second-order valence-corrected chi connectivity index (χ2v) is 8.40.